The van der Waals surface area contributed by atoms with Gasteiger partial charge in [0.15, 0.2) is 0 Å². The summed E-state index contributed by atoms with van der Waals surface area (Å²) in [6, 6.07) is 7.78. The van der Waals surface area contributed by atoms with Crippen molar-refractivity contribution in [1.82, 2.24) is 0 Å². The largest absolute Gasteiger partial charge is 0.495 e. The van der Waals surface area contributed by atoms with Gasteiger partial charge in [-0.25, -0.2) is 13.2 Å². The lowest BCUT2D eigenvalue weighted by Gasteiger charge is -2.13. The van der Waals surface area contributed by atoms with Crippen LogP contribution in [0.4, 0.5) is 0 Å². The summed E-state index contributed by atoms with van der Waals surface area (Å²) >= 11 is 0. The highest BCUT2D eigenvalue weighted by atomic mass is 32.2. The molecule has 0 unspecified atom stereocenters. The van der Waals surface area contributed by atoms with Gasteiger partial charge in [0.05, 0.1) is 25.7 Å². The van der Waals surface area contributed by atoms with Crippen molar-refractivity contribution in [2.24, 2.45) is 0 Å². The third-order valence-corrected chi connectivity index (χ3v) is 5.84. The quantitative estimate of drug-likeness (QED) is 0.778. The minimum atomic E-state index is -3.88. The van der Waals surface area contributed by atoms with E-state index in [-0.39, 0.29) is 21.1 Å². The molecular formula is C18H18O6S. The van der Waals surface area contributed by atoms with Gasteiger partial charge in [0.2, 0.25) is 9.84 Å². The highest BCUT2D eigenvalue weighted by molar-refractivity contribution is 7.91. The van der Waals surface area contributed by atoms with Crippen LogP contribution in [0.15, 0.2) is 40.1 Å². The Bertz CT molecular complexity index is 946. The van der Waals surface area contributed by atoms with Crippen molar-refractivity contribution in [3.63, 3.8) is 0 Å². The Morgan fingerprint density at radius 1 is 1.16 bits per heavy atom. The van der Waals surface area contributed by atoms with E-state index in [1.807, 2.05) is 0 Å². The van der Waals surface area contributed by atoms with Crippen LogP contribution in [0.1, 0.15) is 21.5 Å². The number of fused-ring (bicyclic) bond motifs is 1. The van der Waals surface area contributed by atoms with Crippen LogP contribution in [0.2, 0.25) is 0 Å². The number of hydrogen-bond donors (Lipinski definition) is 0. The fraction of sp³-hybridized carbons (Fsp3) is 0.278. The molecule has 2 aromatic carbocycles. The third kappa shape index (κ3) is 2.95. The molecule has 0 fully saturated rings. The van der Waals surface area contributed by atoms with E-state index in [1.54, 1.807) is 31.2 Å². The van der Waals surface area contributed by atoms with E-state index in [9.17, 15) is 13.2 Å². The standard InChI is InChI=1S/C18H18O6S/c1-11-4-5-15(22-2)16(8-11)25(20,21)13-9-12-6-7-24-17(12)14(10-13)18(19)23-3/h4-5,8-10H,6-7H2,1-3H3. The molecule has 0 amide bonds. The number of ether oxygens (including phenoxy) is 3. The first kappa shape index (κ1) is 17.3. The summed E-state index contributed by atoms with van der Waals surface area (Å²) in [6.45, 7) is 2.20. The number of hydrogen-bond acceptors (Lipinski definition) is 6. The van der Waals surface area contributed by atoms with Crippen LogP contribution in [0.25, 0.3) is 0 Å². The predicted molar refractivity (Wildman–Crippen MR) is 90.2 cm³/mol. The van der Waals surface area contributed by atoms with E-state index in [0.717, 1.165) is 5.56 Å². The first-order valence-corrected chi connectivity index (χ1v) is 9.14. The van der Waals surface area contributed by atoms with Crippen LogP contribution >= 0.6 is 0 Å². The molecule has 132 valence electrons. The second-order valence-corrected chi connectivity index (χ2v) is 7.62. The summed E-state index contributed by atoms with van der Waals surface area (Å²) in [5.74, 6) is 0.00961. The lowest BCUT2D eigenvalue weighted by Crippen LogP contribution is -2.09. The SMILES string of the molecule is COC(=O)c1cc(S(=O)(=O)c2cc(C)ccc2OC)cc2c1OCC2. The minimum Gasteiger partial charge on any atom is -0.495 e. The van der Waals surface area contributed by atoms with Gasteiger partial charge in [0.25, 0.3) is 0 Å². The van der Waals surface area contributed by atoms with Crippen LogP contribution in [-0.2, 0) is 21.0 Å². The molecule has 0 aromatic heterocycles. The van der Waals surface area contributed by atoms with Gasteiger partial charge in [-0.05, 0) is 42.3 Å². The molecule has 1 aliphatic heterocycles. The summed E-state index contributed by atoms with van der Waals surface area (Å²) in [6.07, 6.45) is 0.535. The smallest absolute Gasteiger partial charge is 0.341 e. The van der Waals surface area contributed by atoms with Crippen molar-refractivity contribution in [1.29, 1.82) is 0 Å². The summed E-state index contributed by atoms with van der Waals surface area (Å²) in [5, 5.41) is 0. The maximum atomic E-state index is 13.2. The predicted octanol–water partition coefficient (Wildman–Crippen LogP) is 2.56. The van der Waals surface area contributed by atoms with E-state index in [1.165, 1.54) is 20.3 Å². The lowest BCUT2D eigenvalue weighted by atomic mass is 10.1. The first-order chi connectivity index (χ1) is 11.9. The maximum absolute atomic E-state index is 13.2. The Morgan fingerprint density at radius 3 is 2.60 bits per heavy atom. The van der Waals surface area contributed by atoms with E-state index in [4.69, 9.17) is 14.2 Å². The molecule has 7 heteroatoms. The number of esters is 1. The van der Waals surface area contributed by atoms with E-state index >= 15 is 0 Å². The molecule has 0 bridgehead atoms. The Labute approximate surface area is 146 Å². The van der Waals surface area contributed by atoms with Gasteiger partial charge in [-0.1, -0.05) is 6.07 Å². The summed E-state index contributed by atoms with van der Waals surface area (Å²) in [5.41, 5.74) is 1.58. The Balaban J connectivity index is 2.22. The lowest BCUT2D eigenvalue weighted by molar-refractivity contribution is 0.0596. The van der Waals surface area contributed by atoms with Gasteiger partial charge in [0.1, 0.15) is 22.0 Å². The maximum Gasteiger partial charge on any atom is 0.341 e. The molecule has 0 N–H and O–H groups in total. The number of carbonyl (C=O) groups excluding carboxylic acids is 1. The van der Waals surface area contributed by atoms with Crippen molar-refractivity contribution < 1.29 is 27.4 Å². The van der Waals surface area contributed by atoms with Crippen LogP contribution in [0.3, 0.4) is 0 Å². The van der Waals surface area contributed by atoms with E-state index in [2.05, 4.69) is 0 Å². The molecule has 2 aromatic rings. The molecule has 3 rings (SSSR count). The molecule has 0 saturated carbocycles. The zero-order valence-electron chi connectivity index (χ0n) is 14.2. The van der Waals surface area contributed by atoms with Crippen molar-refractivity contribution in [3.05, 3.63) is 47.0 Å². The first-order valence-electron chi connectivity index (χ1n) is 7.66. The number of carbonyl (C=O) groups is 1. The van der Waals surface area contributed by atoms with Gasteiger partial charge in [-0.15, -0.1) is 0 Å². The Hall–Kier alpha value is -2.54. The van der Waals surface area contributed by atoms with E-state index in [0.29, 0.717) is 24.3 Å². The second kappa shape index (κ2) is 6.40. The van der Waals surface area contributed by atoms with Crippen LogP contribution in [0.5, 0.6) is 11.5 Å². The third-order valence-electron chi connectivity index (χ3n) is 4.08. The normalized spacial score (nSPS) is 13.1. The van der Waals surface area contributed by atoms with Crippen molar-refractivity contribution in [2.45, 2.75) is 23.1 Å². The van der Waals surface area contributed by atoms with Gasteiger partial charge in [-0.2, -0.15) is 0 Å². The zero-order chi connectivity index (χ0) is 18.2. The number of methoxy groups -OCH3 is 2. The topological polar surface area (TPSA) is 78.9 Å². The van der Waals surface area contributed by atoms with Gasteiger partial charge < -0.3 is 14.2 Å². The number of benzene rings is 2. The van der Waals surface area contributed by atoms with Gasteiger partial charge in [-0.3, -0.25) is 0 Å². The molecule has 1 aliphatic rings. The molecule has 0 saturated heterocycles. The summed E-state index contributed by atoms with van der Waals surface area (Å²) in [7, 11) is -1.22. The highest BCUT2D eigenvalue weighted by Gasteiger charge is 2.29. The van der Waals surface area contributed by atoms with Crippen LogP contribution in [-0.4, -0.2) is 35.2 Å². The highest BCUT2D eigenvalue weighted by Crippen LogP contribution is 2.37. The monoisotopic (exact) mass is 362 g/mol. The van der Waals surface area contributed by atoms with E-state index < -0.39 is 15.8 Å². The van der Waals surface area contributed by atoms with Gasteiger partial charge in [0, 0.05) is 6.42 Å². The van der Waals surface area contributed by atoms with Crippen LogP contribution in [0, 0.1) is 6.92 Å². The minimum absolute atomic E-state index is 0.0149. The molecule has 0 aliphatic carbocycles. The molecule has 0 atom stereocenters. The van der Waals surface area contributed by atoms with Crippen molar-refractivity contribution in [2.75, 3.05) is 20.8 Å². The molecule has 0 spiro atoms. The average Bonchev–Trinajstić information content (AvgIpc) is 3.08. The molecular weight excluding hydrogens is 344 g/mol. The average molecular weight is 362 g/mol. The number of aryl methyl sites for hydroxylation is 1. The molecule has 0 radical (unpaired) electrons. The number of sulfone groups is 1. The fourth-order valence-electron chi connectivity index (χ4n) is 2.82. The molecule has 6 nitrogen and oxygen atoms in total. The summed E-state index contributed by atoms with van der Waals surface area (Å²) < 4.78 is 41.7. The van der Waals surface area contributed by atoms with Crippen molar-refractivity contribution in [3.8, 4) is 11.5 Å². The Kier molecular flexibility index (Phi) is 4.43. The molecule has 1 heterocycles. The second-order valence-electron chi connectivity index (χ2n) is 5.71. The molecule has 25 heavy (non-hydrogen) atoms. The van der Waals surface area contributed by atoms with Gasteiger partial charge >= 0.3 is 5.97 Å². The Morgan fingerprint density at radius 2 is 1.92 bits per heavy atom. The fourth-order valence-corrected chi connectivity index (χ4v) is 4.40. The van der Waals surface area contributed by atoms with Crippen molar-refractivity contribution >= 4 is 15.8 Å². The summed E-state index contributed by atoms with van der Waals surface area (Å²) in [4.78, 5) is 12.1. The zero-order valence-corrected chi connectivity index (χ0v) is 15.0. The number of rotatable bonds is 4. The van der Waals surface area contributed by atoms with Crippen LogP contribution < -0.4 is 9.47 Å².